The van der Waals surface area contributed by atoms with Gasteiger partial charge in [-0.3, -0.25) is 4.79 Å². The van der Waals surface area contributed by atoms with Crippen LogP contribution in [-0.2, 0) is 16.1 Å². The second-order valence-corrected chi connectivity index (χ2v) is 8.32. The highest BCUT2D eigenvalue weighted by atomic mass is 35.5. The van der Waals surface area contributed by atoms with Crippen molar-refractivity contribution in [1.82, 2.24) is 24.9 Å². The highest BCUT2D eigenvalue weighted by molar-refractivity contribution is 6.30. The zero-order valence-corrected chi connectivity index (χ0v) is 19.1. The van der Waals surface area contributed by atoms with Gasteiger partial charge in [-0.1, -0.05) is 28.9 Å². The Morgan fingerprint density at radius 1 is 1.09 bits per heavy atom. The molecule has 0 radical (unpaired) electrons. The van der Waals surface area contributed by atoms with Gasteiger partial charge in [0.1, 0.15) is 17.7 Å². The third-order valence-corrected chi connectivity index (χ3v) is 5.72. The van der Waals surface area contributed by atoms with Crippen molar-refractivity contribution in [3.8, 4) is 22.7 Å². The van der Waals surface area contributed by atoms with Crippen molar-refractivity contribution in [3.63, 3.8) is 0 Å². The van der Waals surface area contributed by atoms with Gasteiger partial charge in [0.2, 0.25) is 11.8 Å². The molecule has 174 valence electrons. The summed E-state index contributed by atoms with van der Waals surface area (Å²) in [7, 11) is 0. The van der Waals surface area contributed by atoms with E-state index in [9.17, 15) is 4.79 Å². The molecule has 0 bridgehead atoms. The largest absolute Gasteiger partial charge is 0.444 e. The summed E-state index contributed by atoms with van der Waals surface area (Å²) in [4.78, 5) is 18.7. The van der Waals surface area contributed by atoms with E-state index >= 15 is 0 Å². The first-order valence-corrected chi connectivity index (χ1v) is 11.3. The highest BCUT2D eigenvalue weighted by Gasteiger charge is 2.16. The number of ether oxygens (including phenoxy) is 1. The van der Waals surface area contributed by atoms with Crippen LogP contribution in [0.2, 0.25) is 5.02 Å². The number of anilines is 1. The fourth-order valence-corrected chi connectivity index (χ4v) is 3.80. The molecule has 0 unspecified atom stereocenters. The number of morpholine rings is 1. The number of rotatable bonds is 7. The monoisotopic (exact) mass is 478 g/mol. The van der Waals surface area contributed by atoms with Gasteiger partial charge in [0.15, 0.2) is 0 Å². The molecule has 0 aliphatic carbocycles. The number of oxazole rings is 1. The van der Waals surface area contributed by atoms with Crippen molar-refractivity contribution in [2.24, 2.45) is 0 Å². The molecule has 2 aromatic heterocycles. The first kappa shape index (κ1) is 22.1. The fourth-order valence-electron chi connectivity index (χ4n) is 3.67. The molecule has 1 amide bonds. The lowest BCUT2D eigenvalue weighted by Gasteiger charge is -2.27. The van der Waals surface area contributed by atoms with Crippen LogP contribution in [0.25, 0.3) is 22.7 Å². The zero-order chi connectivity index (χ0) is 23.3. The molecule has 9 nitrogen and oxygen atoms in total. The summed E-state index contributed by atoms with van der Waals surface area (Å²) in [5, 5.41) is 12.4. The van der Waals surface area contributed by atoms with E-state index in [2.05, 4.69) is 20.6 Å². The predicted octanol–water partition coefficient (Wildman–Crippen LogP) is 3.57. The number of halogens is 1. The minimum absolute atomic E-state index is 0.0604. The summed E-state index contributed by atoms with van der Waals surface area (Å²) >= 11 is 5.94. The van der Waals surface area contributed by atoms with Crippen LogP contribution >= 0.6 is 11.6 Å². The molecule has 1 aliphatic heterocycles. The molecule has 0 saturated carbocycles. The Morgan fingerprint density at radius 3 is 2.74 bits per heavy atom. The Morgan fingerprint density at radius 2 is 1.91 bits per heavy atom. The van der Waals surface area contributed by atoms with Crippen LogP contribution < -0.4 is 5.32 Å². The molecule has 1 fully saturated rings. The van der Waals surface area contributed by atoms with E-state index in [0.29, 0.717) is 43.8 Å². The molecule has 1 N–H and O–H groups in total. The van der Waals surface area contributed by atoms with Gasteiger partial charge < -0.3 is 19.4 Å². The Hall–Kier alpha value is -3.69. The number of amides is 1. The van der Waals surface area contributed by atoms with Gasteiger partial charge in [-0.25, -0.2) is 9.67 Å². The van der Waals surface area contributed by atoms with E-state index in [0.717, 1.165) is 28.2 Å². The van der Waals surface area contributed by atoms with Crippen LogP contribution in [0, 0.1) is 0 Å². The lowest BCUT2D eigenvalue weighted by Crippen LogP contribution is -2.43. The van der Waals surface area contributed by atoms with Crippen LogP contribution in [0.3, 0.4) is 0 Å². The van der Waals surface area contributed by atoms with Gasteiger partial charge in [-0.05, 0) is 36.4 Å². The molecule has 10 heteroatoms. The lowest BCUT2D eigenvalue weighted by atomic mass is 10.1. The Labute approximate surface area is 201 Å². The van der Waals surface area contributed by atoms with Crippen molar-refractivity contribution in [2.75, 3.05) is 38.2 Å². The molecule has 5 rings (SSSR count). The van der Waals surface area contributed by atoms with E-state index in [4.69, 9.17) is 20.8 Å². The number of hydrogen-bond acceptors (Lipinski definition) is 7. The number of carbonyl (C=O) groups is 1. The minimum Gasteiger partial charge on any atom is -0.444 e. The van der Waals surface area contributed by atoms with Crippen molar-refractivity contribution in [2.45, 2.75) is 6.54 Å². The normalized spacial score (nSPS) is 13.7. The van der Waals surface area contributed by atoms with Crippen LogP contribution in [0.1, 0.15) is 5.69 Å². The van der Waals surface area contributed by atoms with Gasteiger partial charge >= 0.3 is 0 Å². The van der Waals surface area contributed by atoms with Gasteiger partial charge in [-0.2, -0.15) is 0 Å². The molecule has 34 heavy (non-hydrogen) atoms. The zero-order valence-electron chi connectivity index (χ0n) is 18.4. The predicted molar refractivity (Wildman–Crippen MR) is 127 cm³/mol. The molecular formula is C24H23ClN6O3. The first-order chi connectivity index (χ1) is 16.6. The summed E-state index contributed by atoms with van der Waals surface area (Å²) in [5.74, 6) is 0.586. The third-order valence-electron chi connectivity index (χ3n) is 5.47. The third kappa shape index (κ3) is 5.27. The van der Waals surface area contributed by atoms with Crippen molar-refractivity contribution in [1.29, 1.82) is 0 Å². The van der Waals surface area contributed by atoms with Crippen LogP contribution in [-0.4, -0.2) is 63.6 Å². The van der Waals surface area contributed by atoms with Crippen molar-refractivity contribution >= 4 is 23.2 Å². The summed E-state index contributed by atoms with van der Waals surface area (Å²) < 4.78 is 12.6. The lowest BCUT2D eigenvalue weighted by molar-refractivity contribution is -0.133. The molecule has 1 aliphatic rings. The minimum atomic E-state index is 0.0604. The molecule has 0 spiro atoms. The maximum absolute atomic E-state index is 12.4. The van der Waals surface area contributed by atoms with Gasteiger partial charge in [-0.15, -0.1) is 5.10 Å². The fraction of sp³-hybridized carbons (Fsp3) is 0.250. The Bertz CT molecular complexity index is 1260. The summed E-state index contributed by atoms with van der Waals surface area (Å²) in [6.07, 6.45) is 3.47. The highest BCUT2D eigenvalue weighted by Crippen LogP contribution is 2.23. The van der Waals surface area contributed by atoms with Crippen molar-refractivity contribution < 1.29 is 13.9 Å². The average molecular weight is 479 g/mol. The van der Waals surface area contributed by atoms with Crippen LogP contribution in [0.4, 0.5) is 5.69 Å². The van der Waals surface area contributed by atoms with Gasteiger partial charge in [0.05, 0.1) is 32.5 Å². The number of hydrogen-bond donors (Lipinski definition) is 1. The van der Waals surface area contributed by atoms with E-state index < -0.39 is 0 Å². The topological polar surface area (TPSA) is 98.3 Å². The van der Waals surface area contributed by atoms with Crippen LogP contribution in [0.15, 0.2) is 65.4 Å². The van der Waals surface area contributed by atoms with Gasteiger partial charge in [0, 0.05) is 34.9 Å². The van der Waals surface area contributed by atoms with E-state index in [1.807, 2.05) is 47.5 Å². The maximum Gasteiger partial charge on any atom is 0.242 e. The number of aromatic nitrogens is 4. The summed E-state index contributed by atoms with van der Waals surface area (Å²) in [6, 6.07) is 15.1. The molecule has 4 aromatic rings. The molecule has 2 aromatic carbocycles. The second kappa shape index (κ2) is 10.1. The number of nitrogens with zero attached hydrogens (tertiary/aromatic N) is 5. The smallest absolute Gasteiger partial charge is 0.242 e. The quantitative estimate of drug-likeness (QED) is 0.433. The van der Waals surface area contributed by atoms with E-state index in [-0.39, 0.29) is 12.5 Å². The molecule has 1 saturated heterocycles. The summed E-state index contributed by atoms with van der Waals surface area (Å²) in [5.41, 5.74) is 4.06. The van der Waals surface area contributed by atoms with E-state index in [1.165, 1.54) is 0 Å². The molecule has 3 heterocycles. The second-order valence-electron chi connectivity index (χ2n) is 7.88. The summed E-state index contributed by atoms with van der Waals surface area (Å²) in [6.45, 7) is 3.11. The Kier molecular flexibility index (Phi) is 6.55. The van der Waals surface area contributed by atoms with Crippen molar-refractivity contribution in [3.05, 3.63) is 71.7 Å². The SMILES string of the molecule is O=C(CNc1cccc(-c2cn(Cc3coc(-c4ccc(Cl)cc4)n3)nn2)c1)N1CCOCC1. The standard InChI is InChI=1S/C24H23ClN6O3/c25-19-6-4-17(5-7-19)24-27-21(16-34-24)14-31-15-22(28-29-31)18-2-1-3-20(12-18)26-13-23(32)30-8-10-33-11-9-30/h1-7,12,15-16,26H,8-11,13-14H2. The van der Waals surface area contributed by atoms with E-state index in [1.54, 1.807) is 23.1 Å². The Balaban J connectivity index is 1.21. The maximum atomic E-state index is 12.4. The number of nitrogens with one attached hydrogen (secondary N) is 1. The first-order valence-electron chi connectivity index (χ1n) is 10.9. The average Bonchev–Trinajstić information content (AvgIpc) is 3.54. The molecular weight excluding hydrogens is 456 g/mol. The number of carbonyl (C=O) groups excluding carboxylic acids is 1. The number of benzene rings is 2. The van der Waals surface area contributed by atoms with Gasteiger partial charge in [0.25, 0.3) is 0 Å². The molecule has 0 atom stereocenters. The van der Waals surface area contributed by atoms with Crippen LogP contribution in [0.5, 0.6) is 0 Å².